The summed E-state index contributed by atoms with van der Waals surface area (Å²) in [6, 6.07) is 5.05. The van der Waals surface area contributed by atoms with Crippen molar-refractivity contribution in [3.05, 3.63) is 35.4 Å². The zero-order valence-corrected chi connectivity index (χ0v) is 11.4. The summed E-state index contributed by atoms with van der Waals surface area (Å²) in [6.07, 6.45) is -4.18. The van der Waals surface area contributed by atoms with E-state index in [0.717, 1.165) is 6.07 Å². The minimum absolute atomic E-state index is 0.00489. The summed E-state index contributed by atoms with van der Waals surface area (Å²) in [5.74, 6) is -0.613. The van der Waals surface area contributed by atoms with Gasteiger partial charge < -0.3 is 0 Å². The van der Waals surface area contributed by atoms with Crippen molar-refractivity contribution in [1.82, 2.24) is 0 Å². The van der Waals surface area contributed by atoms with Crippen LogP contribution in [0, 0.1) is 5.92 Å². The van der Waals surface area contributed by atoms with Crippen LogP contribution in [0.1, 0.15) is 22.9 Å². The second-order valence-electron chi connectivity index (χ2n) is 4.65. The van der Waals surface area contributed by atoms with Gasteiger partial charge in [0.1, 0.15) is 0 Å². The highest BCUT2D eigenvalue weighted by molar-refractivity contribution is 7.91. The van der Waals surface area contributed by atoms with Gasteiger partial charge in [-0.3, -0.25) is 0 Å². The second kappa shape index (κ2) is 4.98. The van der Waals surface area contributed by atoms with Crippen LogP contribution in [0.2, 0.25) is 0 Å². The SMILES string of the molecule is O=S1(=O)CCC(C(Cl)c2ccccc2C(F)(F)F)C1. The van der Waals surface area contributed by atoms with Crippen molar-refractivity contribution < 1.29 is 21.6 Å². The molecule has 1 fully saturated rings. The Labute approximate surface area is 114 Å². The maximum Gasteiger partial charge on any atom is 0.416 e. The van der Waals surface area contributed by atoms with Crippen LogP contribution in [0.3, 0.4) is 0 Å². The number of alkyl halides is 4. The van der Waals surface area contributed by atoms with Gasteiger partial charge in [-0.1, -0.05) is 18.2 Å². The van der Waals surface area contributed by atoms with E-state index < -0.39 is 32.9 Å². The quantitative estimate of drug-likeness (QED) is 0.784. The molecular weight excluding hydrogens is 301 g/mol. The van der Waals surface area contributed by atoms with Crippen molar-refractivity contribution in [2.45, 2.75) is 18.0 Å². The molecule has 0 bridgehead atoms. The summed E-state index contributed by atoms with van der Waals surface area (Å²) in [5.41, 5.74) is -0.835. The third-order valence-electron chi connectivity index (χ3n) is 3.24. The van der Waals surface area contributed by atoms with Crippen molar-refractivity contribution in [1.29, 1.82) is 0 Å². The first-order chi connectivity index (χ1) is 8.71. The van der Waals surface area contributed by atoms with Gasteiger partial charge in [0.2, 0.25) is 0 Å². The first-order valence-corrected chi connectivity index (χ1v) is 7.97. The molecule has 0 spiro atoms. The molecule has 0 aliphatic carbocycles. The molecule has 1 aromatic carbocycles. The molecule has 7 heteroatoms. The van der Waals surface area contributed by atoms with Crippen molar-refractivity contribution >= 4 is 21.4 Å². The largest absolute Gasteiger partial charge is 0.416 e. The molecule has 2 rings (SSSR count). The standard InChI is InChI=1S/C12H12ClF3O2S/c13-11(8-5-6-19(17,18)7-8)9-3-1-2-4-10(9)12(14,15)16/h1-4,8,11H,5-7H2. The first-order valence-electron chi connectivity index (χ1n) is 5.71. The minimum atomic E-state index is -4.48. The Kier molecular flexibility index (Phi) is 3.84. The van der Waals surface area contributed by atoms with Crippen LogP contribution >= 0.6 is 11.6 Å². The van der Waals surface area contributed by atoms with Gasteiger partial charge >= 0.3 is 6.18 Å². The molecule has 0 saturated carbocycles. The Hall–Kier alpha value is -0.750. The highest BCUT2D eigenvalue weighted by Crippen LogP contribution is 2.42. The predicted molar refractivity (Wildman–Crippen MR) is 66.8 cm³/mol. The number of hydrogen-bond acceptors (Lipinski definition) is 2. The predicted octanol–water partition coefficient (Wildman–Crippen LogP) is 3.42. The van der Waals surface area contributed by atoms with Crippen LogP contribution in [0.25, 0.3) is 0 Å². The fraction of sp³-hybridized carbons (Fsp3) is 0.500. The normalized spacial score (nSPS) is 24.3. The summed E-state index contributed by atoms with van der Waals surface area (Å²) < 4.78 is 61.4. The van der Waals surface area contributed by atoms with Crippen LogP contribution in [0.15, 0.2) is 24.3 Å². The van der Waals surface area contributed by atoms with E-state index in [1.165, 1.54) is 18.2 Å². The van der Waals surface area contributed by atoms with E-state index in [1.54, 1.807) is 0 Å². The minimum Gasteiger partial charge on any atom is -0.229 e. The fourth-order valence-corrected chi connectivity index (χ4v) is 4.66. The van der Waals surface area contributed by atoms with Crippen LogP contribution in [0.5, 0.6) is 0 Å². The van der Waals surface area contributed by atoms with Gasteiger partial charge in [-0.25, -0.2) is 8.42 Å². The van der Waals surface area contributed by atoms with Gasteiger partial charge in [-0.05, 0) is 24.0 Å². The Bertz CT molecular complexity index is 569. The Balaban J connectivity index is 2.32. The average Bonchev–Trinajstić information content (AvgIpc) is 2.68. The number of rotatable bonds is 2. The Morgan fingerprint density at radius 3 is 2.42 bits per heavy atom. The molecule has 1 aliphatic rings. The van der Waals surface area contributed by atoms with E-state index in [1.807, 2.05) is 0 Å². The molecule has 0 radical (unpaired) electrons. The van der Waals surface area contributed by atoms with E-state index in [4.69, 9.17) is 11.6 Å². The van der Waals surface area contributed by atoms with Crippen LogP contribution in [-0.2, 0) is 16.0 Å². The number of benzene rings is 1. The highest BCUT2D eigenvalue weighted by atomic mass is 35.5. The van der Waals surface area contributed by atoms with E-state index in [-0.39, 0.29) is 17.1 Å². The van der Waals surface area contributed by atoms with E-state index in [2.05, 4.69) is 0 Å². The topological polar surface area (TPSA) is 34.1 Å². The summed E-state index contributed by atoms with van der Waals surface area (Å²) in [5, 5.41) is -0.935. The molecule has 0 amide bonds. The van der Waals surface area contributed by atoms with Gasteiger partial charge in [-0.15, -0.1) is 11.6 Å². The van der Waals surface area contributed by atoms with Crippen LogP contribution < -0.4 is 0 Å². The highest BCUT2D eigenvalue weighted by Gasteiger charge is 2.39. The molecular formula is C12H12ClF3O2S. The van der Waals surface area contributed by atoms with Crippen molar-refractivity contribution in [2.75, 3.05) is 11.5 Å². The second-order valence-corrected chi connectivity index (χ2v) is 7.35. The van der Waals surface area contributed by atoms with Gasteiger partial charge in [0.25, 0.3) is 0 Å². The lowest BCUT2D eigenvalue weighted by molar-refractivity contribution is -0.138. The molecule has 1 aromatic rings. The zero-order chi connectivity index (χ0) is 14.3. The third-order valence-corrected chi connectivity index (χ3v) is 5.63. The molecule has 2 unspecified atom stereocenters. The zero-order valence-electron chi connectivity index (χ0n) is 9.82. The Morgan fingerprint density at radius 1 is 1.26 bits per heavy atom. The number of hydrogen-bond donors (Lipinski definition) is 0. The molecule has 0 N–H and O–H groups in total. The Morgan fingerprint density at radius 2 is 1.89 bits per heavy atom. The lowest BCUT2D eigenvalue weighted by atomic mass is 9.94. The van der Waals surface area contributed by atoms with Crippen molar-refractivity contribution in [2.24, 2.45) is 5.92 Å². The summed E-state index contributed by atoms with van der Waals surface area (Å²) in [6.45, 7) is 0. The smallest absolute Gasteiger partial charge is 0.229 e. The molecule has 19 heavy (non-hydrogen) atoms. The first kappa shape index (κ1) is 14.7. The molecule has 2 nitrogen and oxygen atoms in total. The van der Waals surface area contributed by atoms with Gasteiger partial charge in [0.15, 0.2) is 9.84 Å². The summed E-state index contributed by atoms with van der Waals surface area (Å²) in [7, 11) is -3.16. The molecule has 2 atom stereocenters. The molecule has 106 valence electrons. The fourth-order valence-electron chi connectivity index (χ4n) is 2.30. The summed E-state index contributed by atoms with van der Waals surface area (Å²) in [4.78, 5) is 0. The van der Waals surface area contributed by atoms with Crippen LogP contribution in [0.4, 0.5) is 13.2 Å². The van der Waals surface area contributed by atoms with E-state index in [9.17, 15) is 21.6 Å². The van der Waals surface area contributed by atoms with E-state index in [0.29, 0.717) is 6.42 Å². The van der Waals surface area contributed by atoms with Gasteiger partial charge in [0.05, 0.1) is 22.4 Å². The van der Waals surface area contributed by atoms with Gasteiger partial charge in [0, 0.05) is 0 Å². The number of sulfone groups is 1. The number of halogens is 4. The monoisotopic (exact) mass is 312 g/mol. The van der Waals surface area contributed by atoms with Gasteiger partial charge in [-0.2, -0.15) is 13.2 Å². The molecule has 0 aromatic heterocycles. The van der Waals surface area contributed by atoms with E-state index >= 15 is 0 Å². The summed E-state index contributed by atoms with van der Waals surface area (Å²) >= 11 is 6.09. The lowest BCUT2D eigenvalue weighted by Gasteiger charge is -2.20. The molecule has 1 heterocycles. The third kappa shape index (κ3) is 3.23. The maximum atomic E-state index is 12.9. The average molecular weight is 313 g/mol. The molecule has 1 saturated heterocycles. The maximum absolute atomic E-state index is 12.9. The van der Waals surface area contributed by atoms with Crippen molar-refractivity contribution in [3.8, 4) is 0 Å². The molecule has 1 aliphatic heterocycles. The van der Waals surface area contributed by atoms with Crippen LogP contribution in [-0.4, -0.2) is 19.9 Å². The lowest BCUT2D eigenvalue weighted by Crippen LogP contribution is -2.15. The van der Waals surface area contributed by atoms with Crippen molar-refractivity contribution in [3.63, 3.8) is 0 Å².